The van der Waals surface area contributed by atoms with Gasteiger partial charge in [0.15, 0.2) is 0 Å². The summed E-state index contributed by atoms with van der Waals surface area (Å²) in [6.45, 7) is 7.79. The summed E-state index contributed by atoms with van der Waals surface area (Å²) >= 11 is 0. The smallest absolute Gasteiger partial charge is 0.122 e. The maximum Gasteiger partial charge on any atom is 0.122 e. The third-order valence-electron chi connectivity index (χ3n) is 5.74. The maximum atomic E-state index is 5.56. The maximum absolute atomic E-state index is 5.56. The first-order valence-corrected chi connectivity index (χ1v) is 10.7. The summed E-state index contributed by atoms with van der Waals surface area (Å²) in [5.41, 5.74) is 8.85. The van der Waals surface area contributed by atoms with Crippen LogP contribution in [0.5, 0.6) is 0 Å². The van der Waals surface area contributed by atoms with Gasteiger partial charge in [0.05, 0.1) is 40.0 Å². The minimum atomic E-state index is 0.712. The van der Waals surface area contributed by atoms with Crippen molar-refractivity contribution < 1.29 is 9.05 Å². The average Bonchev–Trinajstić information content (AvgIpc) is 3.64. The van der Waals surface area contributed by atoms with E-state index in [-0.39, 0.29) is 0 Å². The van der Waals surface area contributed by atoms with E-state index in [1.807, 2.05) is 66.8 Å². The SMILES string of the molecule is C=Cc1cc2ccon2c1/C=C/c1ccc2c(/C=C/c3c(C=C)cc4ccon34)nnc-2cn1. The second kappa shape index (κ2) is 7.90. The molecule has 4 aromatic rings. The lowest BCUT2D eigenvalue weighted by Gasteiger charge is -1.95. The van der Waals surface area contributed by atoms with Gasteiger partial charge in [0.2, 0.25) is 0 Å². The highest BCUT2D eigenvalue weighted by atomic mass is 16.5. The van der Waals surface area contributed by atoms with Gasteiger partial charge in [-0.15, -0.1) is 10.2 Å². The molecule has 2 aliphatic rings. The van der Waals surface area contributed by atoms with Crippen molar-refractivity contribution in [1.82, 2.24) is 24.3 Å². The van der Waals surface area contributed by atoms with E-state index in [4.69, 9.17) is 9.05 Å². The zero-order valence-electron chi connectivity index (χ0n) is 18.1. The molecule has 6 rings (SSSR count). The molecule has 0 saturated heterocycles. The highest BCUT2D eigenvalue weighted by molar-refractivity contribution is 5.82. The van der Waals surface area contributed by atoms with Crippen LogP contribution >= 0.6 is 0 Å². The second-order valence-corrected chi connectivity index (χ2v) is 7.70. The molecule has 34 heavy (non-hydrogen) atoms. The largest absolute Gasteiger partial charge is 0.382 e. The fraction of sp³-hybridized carbons (Fsp3) is 0. The van der Waals surface area contributed by atoms with E-state index in [0.717, 1.165) is 50.5 Å². The van der Waals surface area contributed by atoms with E-state index < -0.39 is 0 Å². The van der Waals surface area contributed by atoms with E-state index in [9.17, 15) is 0 Å². The Morgan fingerprint density at radius 1 is 0.735 bits per heavy atom. The molecule has 0 bridgehead atoms. The summed E-state index contributed by atoms with van der Waals surface area (Å²) in [5, 5.41) is 8.62. The van der Waals surface area contributed by atoms with Crippen molar-refractivity contribution in [2.24, 2.45) is 0 Å². The third-order valence-corrected chi connectivity index (χ3v) is 5.74. The van der Waals surface area contributed by atoms with E-state index in [1.165, 1.54) is 0 Å². The van der Waals surface area contributed by atoms with Gasteiger partial charge in [-0.1, -0.05) is 25.3 Å². The van der Waals surface area contributed by atoms with Crippen LogP contribution in [-0.2, 0) is 0 Å². The molecule has 2 aliphatic heterocycles. The van der Waals surface area contributed by atoms with Gasteiger partial charge in [0.1, 0.15) is 18.2 Å². The Labute approximate surface area is 194 Å². The molecule has 0 fully saturated rings. The van der Waals surface area contributed by atoms with Crippen molar-refractivity contribution in [3.63, 3.8) is 0 Å². The molecule has 0 amide bonds. The highest BCUT2D eigenvalue weighted by Gasteiger charge is 2.13. The van der Waals surface area contributed by atoms with E-state index in [0.29, 0.717) is 5.69 Å². The lowest BCUT2D eigenvalue weighted by atomic mass is 10.1. The summed E-state index contributed by atoms with van der Waals surface area (Å²) in [6, 6.07) is 11.8. The van der Waals surface area contributed by atoms with Crippen molar-refractivity contribution in [2.75, 3.05) is 0 Å². The van der Waals surface area contributed by atoms with Gasteiger partial charge in [-0.05, 0) is 48.6 Å². The molecule has 0 N–H and O–H groups in total. The normalized spacial score (nSPS) is 12.1. The van der Waals surface area contributed by atoms with E-state index in [2.05, 4.69) is 28.3 Å². The van der Waals surface area contributed by atoms with Crippen molar-refractivity contribution in [3.8, 4) is 11.3 Å². The molecule has 0 spiro atoms. The van der Waals surface area contributed by atoms with Gasteiger partial charge in [-0.3, -0.25) is 4.98 Å². The van der Waals surface area contributed by atoms with Gasteiger partial charge in [0.25, 0.3) is 0 Å². The third kappa shape index (κ3) is 3.18. The molecule has 0 unspecified atom stereocenters. The monoisotopic (exact) mass is 445 g/mol. The molecule has 7 heteroatoms. The van der Waals surface area contributed by atoms with E-state index >= 15 is 0 Å². The number of nitrogens with zero attached hydrogens (tertiary/aromatic N) is 5. The predicted octanol–water partition coefficient (Wildman–Crippen LogP) is 6.29. The lowest BCUT2D eigenvalue weighted by Crippen LogP contribution is -1.83. The first kappa shape index (κ1) is 19.8. The van der Waals surface area contributed by atoms with Crippen LogP contribution < -0.4 is 0 Å². The van der Waals surface area contributed by atoms with Crippen LogP contribution in [0.15, 0.2) is 77.3 Å². The summed E-state index contributed by atoms with van der Waals surface area (Å²) in [7, 11) is 0. The van der Waals surface area contributed by atoms with Crippen LogP contribution in [0, 0.1) is 0 Å². The standard InChI is InChI=1S/C27H19N5O2/c1-3-18-15-21-11-13-33-31(21)26(18)9-6-20-5-7-23-24(29-30-25(23)17-28-20)8-10-27-19(4-2)16-22-12-14-34-32(22)27/h3-17H,1-2H2/b9-6+,10-8+. The summed E-state index contributed by atoms with van der Waals surface area (Å²) in [5.74, 6) is 0. The van der Waals surface area contributed by atoms with Crippen LogP contribution in [0.25, 0.3) is 58.7 Å². The number of hydrogen-bond donors (Lipinski definition) is 0. The molecule has 0 aliphatic carbocycles. The summed E-state index contributed by atoms with van der Waals surface area (Å²) in [6.07, 6.45) is 16.4. The van der Waals surface area contributed by atoms with E-state index in [1.54, 1.807) is 33.9 Å². The highest BCUT2D eigenvalue weighted by Crippen LogP contribution is 2.26. The minimum absolute atomic E-state index is 0.712. The van der Waals surface area contributed by atoms with Gasteiger partial charge in [0, 0.05) is 28.8 Å². The van der Waals surface area contributed by atoms with Crippen molar-refractivity contribution in [3.05, 3.63) is 102 Å². The van der Waals surface area contributed by atoms with Gasteiger partial charge < -0.3 is 9.05 Å². The molecule has 0 saturated carbocycles. The Hall–Kier alpha value is -4.91. The Kier molecular flexibility index (Phi) is 4.59. The van der Waals surface area contributed by atoms with Gasteiger partial charge >= 0.3 is 0 Å². The summed E-state index contributed by atoms with van der Waals surface area (Å²) < 4.78 is 14.6. The average molecular weight is 445 g/mol. The van der Waals surface area contributed by atoms with Crippen molar-refractivity contribution in [1.29, 1.82) is 0 Å². The Morgan fingerprint density at radius 3 is 2.03 bits per heavy atom. The number of aromatic nitrogens is 5. The topological polar surface area (TPSA) is 73.8 Å². The van der Waals surface area contributed by atoms with Crippen LogP contribution in [0.3, 0.4) is 0 Å². The molecular formula is C27H19N5O2. The van der Waals surface area contributed by atoms with Gasteiger partial charge in [-0.25, -0.2) is 0 Å². The van der Waals surface area contributed by atoms with Crippen molar-refractivity contribution in [2.45, 2.75) is 0 Å². The lowest BCUT2D eigenvalue weighted by molar-refractivity contribution is 0.375. The molecule has 0 aromatic carbocycles. The molecular weight excluding hydrogens is 426 g/mol. The summed E-state index contributed by atoms with van der Waals surface area (Å²) in [4.78, 5) is 4.57. The molecule has 6 heterocycles. The predicted molar refractivity (Wildman–Crippen MR) is 134 cm³/mol. The van der Waals surface area contributed by atoms with Gasteiger partial charge in [-0.2, -0.15) is 9.15 Å². The van der Waals surface area contributed by atoms with Crippen LogP contribution in [0.2, 0.25) is 0 Å². The first-order chi connectivity index (χ1) is 16.7. The van der Waals surface area contributed by atoms with Crippen LogP contribution in [-0.4, -0.2) is 24.3 Å². The second-order valence-electron chi connectivity index (χ2n) is 7.70. The molecule has 7 nitrogen and oxygen atoms in total. The minimum Gasteiger partial charge on any atom is -0.382 e. The Balaban J connectivity index is 1.34. The van der Waals surface area contributed by atoms with Crippen LogP contribution in [0.1, 0.15) is 33.9 Å². The number of hydrogen-bond acceptors (Lipinski definition) is 5. The molecule has 4 aromatic heterocycles. The first-order valence-electron chi connectivity index (χ1n) is 10.7. The van der Waals surface area contributed by atoms with Crippen molar-refractivity contribution >= 4 is 47.5 Å². The van der Waals surface area contributed by atoms with Crippen LogP contribution in [0.4, 0.5) is 0 Å². The zero-order chi connectivity index (χ0) is 23.1. The molecule has 164 valence electrons. The number of fused-ring (bicyclic) bond motifs is 3. The fourth-order valence-electron chi connectivity index (χ4n) is 4.04. The Morgan fingerprint density at radius 2 is 1.38 bits per heavy atom. The number of rotatable bonds is 6. The fourth-order valence-corrected chi connectivity index (χ4v) is 4.04. The molecule has 0 radical (unpaired) electrons. The molecule has 0 atom stereocenters. The quantitative estimate of drug-likeness (QED) is 0.301. The zero-order valence-corrected chi connectivity index (χ0v) is 18.1. The Bertz CT molecular complexity index is 1710.